The molecule has 5 nitrogen and oxygen atoms in total. The first-order valence-corrected chi connectivity index (χ1v) is 9.61. The number of imide groups is 1. The summed E-state index contributed by atoms with van der Waals surface area (Å²) in [4.78, 5) is 28.6. The van der Waals surface area contributed by atoms with Crippen molar-refractivity contribution in [2.45, 2.75) is 22.3 Å². The number of nitrogens with zero attached hydrogens (tertiary/aromatic N) is 1. The van der Waals surface area contributed by atoms with Crippen LogP contribution in [0.2, 0.25) is 0 Å². The first kappa shape index (κ1) is 16.2. The second-order valence-corrected chi connectivity index (χ2v) is 7.82. The highest BCUT2D eigenvalue weighted by Crippen LogP contribution is 2.27. The van der Waals surface area contributed by atoms with Crippen molar-refractivity contribution >= 4 is 45.8 Å². The maximum absolute atomic E-state index is 11.7. The Morgan fingerprint density at radius 2 is 2.00 bits per heavy atom. The molecule has 1 aromatic heterocycles. The maximum atomic E-state index is 11.7. The van der Waals surface area contributed by atoms with Gasteiger partial charge in [0.25, 0.3) is 5.24 Å². The summed E-state index contributed by atoms with van der Waals surface area (Å²) in [6, 6.07) is 15.8. The lowest BCUT2D eigenvalue weighted by molar-refractivity contribution is -0.118. The Labute approximate surface area is 152 Å². The lowest BCUT2D eigenvalue weighted by atomic mass is 10.1. The van der Waals surface area contributed by atoms with E-state index in [-0.39, 0.29) is 16.4 Å². The van der Waals surface area contributed by atoms with Crippen LogP contribution in [-0.4, -0.2) is 21.4 Å². The molecule has 0 radical (unpaired) electrons. The number of nitrogens with one attached hydrogen (secondary N) is 1. The molecule has 0 aliphatic carbocycles. The van der Waals surface area contributed by atoms with E-state index in [0.29, 0.717) is 18.1 Å². The van der Waals surface area contributed by atoms with Crippen molar-refractivity contribution < 1.29 is 14.0 Å². The lowest BCUT2D eigenvalue weighted by Crippen LogP contribution is -2.25. The molecule has 2 amide bonds. The van der Waals surface area contributed by atoms with Crippen LogP contribution in [0, 0.1) is 0 Å². The number of carbonyl (C=O) groups excluding carboxylic acids is 2. The van der Waals surface area contributed by atoms with Crippen molar-refractivity contribution in [1.29, 1.82) is 0 Å². The van der Waals surface area contributed by atoms with Crippen LogP contribution >= 0.6 is 23.5 Å². The normalized spacial score (nSPS) is 17.2. The summed E-state index contributed by atoms with van der Waals surface area (Å²) in [7, 11) is 0. The van der Waals surface area contributed by atoms with Crippen molar-refractivity contribution in [3.63, 3.8) is 0 Å². The smallest absolute Gasteiger partial charge is 0.286 e. The number of aromatic nitrogens is 1. The SMILES string of the molecule is O=C1NC(=O)C(Cc2ccc3oc(CSc4ccccc4)nc3c2)S1. The molecular weight excluding hydrogens is 356 g/mol. The van der Waals surface area contributed by atoms with Gasteiger partial charge < -0.3 is 4.42 Å². The fraction of sp³-hybridized carbons (Fsp3) is 0.167. The standard InChI is InChI=1S/C18H14N2O3S2/c21-17-15(25-18(22)20-17)9-11-6-7-14-13(8-11)19-16(23-14)10-24-12-4-2-1-3-5-12/h1-8,15H,9-10H2,(H,20,21,22). The Morgan fingerprint density at radius 3 is 2.76 bits per heavy atom. The van der Waals surface area contributed by atoms with E-state index in [4.69, 9.17) is 4.42 Å². The molecule has 1 saturated heterocycles. The molecule has 1 atom stereocenters. The third-order valence-corrected chi connectivity index (χ3v) is 5.77. The van der Waals surface area contributed by atoms with Gasteiger partial charge in [-0.2, -0.15) is 0 Å². The minimum Gasteiger partial charge on any atom is -0.440 e. The van der Waals surface area contributed by atoms with Crippen molar-refractivity contribution in [2.75, 3.05) is 0 Å². The zero-order valence-corrected chi connectivity index (χ0v) is 14.7. The monoisotopic (exact) mass is 370 g/mol. The summed E-state index contributed by atoms with van der Waals surface area (Å²) < 4.78 is 5.78. The molecule has 1 N–H and O–H groups in total. The van der Waals surface area contributed by atoms with Crippen LogP contribution in [-0.2, 0) is 17.0 Å². The number of rotatable bonds is 5. The molecule has 0 saturated carbocycles. The molecule has 1 aliphatic heterocycles. The molecule has 2 aromatic carbocycles. The second kappa shape index (κ2) is 6.93. The van der Waals surface area contributed by atoms with Gasteiger partial charge in [0.2, 0.25) is 11.8 Å². The zero-order valence-electron chi connectivity index (χ0n) is 13.1. The molecule has 126 valence electrons. The number of fused-ring (bicyclic) bond motifs is 1. The molecule has 2 heterocycles. The largest absolute Gasteiger partial charge is 0.440 e. The van der Waals surface area contributed by atoms with Crippen LogP contribution in [0.15, 0.2) is 57.8 Å². The van der Waals surface area contributed by atoms with E-state index < -0.39 is 0 Å². The van der Waals surface area contributed by atoms with Crippen LogP contribution in [0.1, 0.15) is 11.5 Å². The third-order valence-electron chi connectivity index (χ3n) is 3.79. The molecular formula is C18H14N2O3S2. The number of hydrogen-bond donors (Lipinski definition) is 1. The average Bonchev–Trinajstić information content (AvgIpc) is 3.16. The van der Waals surface area contributed by atoms with E-state index in [0.717, 1.165) is 28.4 Å². The molecule has 0 bridgehead atoms. The predicted molar refractivity (Wildman–Crippen MR) is 98.6 cm³/mol. The Hall–Kier alpha value is -2.25. The summed E-state index contributed by atoms with van der Waals surface area (Å²) >= 11 is 2.71. The van der Waals surface area contributed by atoms with Gasteiger partial charge in [0.15, 0.2) is 5.58 Å². The highest BCUT2D eigenvalue weighted by Gasteiger charge is 2.31. The molecule has 1 aliphatic rings. The second-order valence-electron chi connectivity index (χ2n) is 5.60. The lowest BCUT2D eigenvalue weighted by Gasteiger charge is -2.04. The molecule has 4 rings (SSSR count). The van der Waals surface area contributed by atoms with Gasteiger partial charge in [0.1, 0.15) is 5.52 Å². The van der Waals surface area contributed by atoms with Crippen LogP contribution < -0.4 is 5.32 Å². The van der Waals surface area contributed by atoms with Gasteiger partial charge >= 0.3 is 0 Å². The molecule has 0 spiro atoms. The number of thioether (sulfide) groups is 2. The van der Waals surface area contributed by atoms with Gasteiger partial charge in [0.05, 0.1) is 11.0 Å². The highest BCUT2D eigenvalue weighted by molar-refractivity contribution is 8.15. The van der Waals surface area contributed by atoms with Crippen molar-refractivity contribution in [1.82, 2.24) is 10.3 Å². The quantitative estimate of drug-likeness (QED) is 0.684. The van der Waals surface area contributed by atoms with Crippen LogP contribution in [0.25, 0.3) is 11.1 Å². The van der Waals surface area contributed by atoms with E-state index in [9.17, 15) is 9.59 Å². The van der Waals surface area contributed by atoms with E-state index in [1.54, 1.807) is 11.8 Å². The van der Waals surface area contributed by atoms with Crippen molar-refractivity contribution in [3.8, 4) is 0 Å². The molecule has 1 fully saturated rings. The summed E-state index contributed by atoms with van der Waals surface area (Å²) in [5, 5.41) is 1.66. The summed E-state index contributed by atoms with van der Waals surface area (Å²) in [6.07, 6.45) is 0.499. The Bertz CT molecular complexity index is 940. The number of carbonyl (C=O) groups is 2. The summed E-state index contributed by atoms with van der Waals surface area (Å²) in [5.41, 5.74) is 2.47. The fourth-order valence-corrected chi connectivity index (χ4v) is 4.24. The zero-order chi connectivity index (χ0) is 17.2. The van der Waals surface area contributed by atoms with Crippen LogP contribution in [0.4, 0.5) is 4.79 Å². The molecule has 1 unspecified atom stereocenters. The van der Waals surface area contributed by atoms with Gasteiger partial charge in [-0.1, -0.05) is 36.0 Å². The first-order chi connectivity index (χ1) is 12.2. The molecule has 3 aromatic rings. The first-order valence-electron chi connectivity index (χ1n) is 7.75. The molecule has 25 heavy (non-hydrogen) atoms. The van der Waals surface area contributed by atoms with E-state index in [2.05, 4.69) is 22.4 Å². The van der Waals surface area contributed by atoms with Gasteiger partial charge in [0, 0.05) is 4.90 Å². The van der Waals surface area contributed by atoms with Crippen molar-refractivity contribution in [2.24, 2.45) is 0 Å². The minimum absolute atomic E-state index is 0.227. The molecule has 7 heteroatoms. The summed E-state index contributed by atoms with van der Waals surface area (Å²) in [5.74, 6) is 1.10. The van der Waals surface area contributed by atoms with Crippen molar-refractivity contribution in [3.05, 3.63) is 60.0 Å². The number of amides is 2. The van der Waals surface area contributed by atoms with Crippen LogP contribution in [0.5, 0.6) is 0 Å². The highest BCUT2D eigenvalue weighted by atomic mass is 32.2. The third kappa shape index (κ3) is 3.72. The van der Waals surface area contributed by atoms with Gasteiger partial charge in [-0.3, -0.25) is 14.9 Å². The maximum Gasteiger partial charge on any atom is 0.286 e. The van der Waals surface area contributed by atoms with E-state index in [1.807, 2.05) is 36.4 Å². The van der Waals surface area contributed by atoms with E-state index in [1.165, 1.54) is 4.90 Å². The fourth-order valence-electron chi connectivity index (χ4n) is 2.61. The Kier molecular flexibility index (Phi) is 4.50. The predicted octanol–water partition coefficient (Wildman–Crippen LogP) is 4.01. The Morgan fingerprint density at radius 1 is 1.16 bits per heavy atom. The number of oxazole rings is 1. The minimum atomic E-state index is -0.370. The average molecular weight is 370 g/mol. The van der Waals surface area contributed by atoms with Gasteiger partial charge in [-0.05, 0) is 36.2 Å². The topological polar surface area (TPSA) is 72.2 Å². The summed E-state index contributed by atoms with van der Waals surface area (Å²) in [6.45, 7) is 0. The number of hydrogen-bond acceptors (Lipinski definition) is 6. The van der Waals surface area contributed by atoms with Gasteiger partial charge in [-0.25, -0.2) is 4.98 Å². The van der Waals surface area contributed by atoms with E-state index >= 15 is 0 Å². The Balaban J connectivity index is 1.47. The van der Waals surface area contributed by atoms with Crippen LogP contribution in [0.3, 0.4) is 0 Å². The van der Waals surface area contributed by atoms with Gasteiger partial charge in [-0.15, -0.1) is 11.8 Å². The number of benzene rings is 2.